The first-order chi connectivity index (χ1) is 13.9. The summed E-state index contributed by atoms with van der Waals surface area (Å²) < 4.78 is 35.4. The summed E-state index contributed by atoms with van der Waals surface area (Å²) in [5.41, 5.74) is 1.93. The summed E-state index contributed by atoms with van der Waals surface area (Å²) in [6, 6.07) is 9.45. The third-order valence-electron chi connectivity index (χ3n) is 3.90. The van der Waals surface area contributed by atoms with Crippen LogP contribution < -0.4 is 14.3 Å². The predicted molar refractivity (Wildman–Crippen MR) is 112 cm³/mol. The lowest BCUT2D eigenvalue weighted by Crippen LogP contribution is -2.18. The number of methoxy groups -OCH3 is 2. The maximum absolute atomic E-state index is 12.4. The number of hydrazone groups is 1. The largest absolute Gasteiger partial charge is 0.493 e. The summed E-state index contributed by atoms with van der Waals surface area (Å²) in [5.74, 6) is 1.12. The fourth-order valence-corrected chi connectivity index (χ4v) is 4.07. The number of aromatic nitrogens is 2. The molecule has 0 spiro atoms. The van der Waals surface area contributed by atoms with Crippen LogP contribution in [0.25, 0.3) is 11.3 Å². The van der Waals surface area contributed by atoms with Gasteiger partial charge in [-0.15, -0.1) is 0 Å². The number of ether oxygens (including phenoxy) is 2. The molecule has 1 aromatic heterocycles. The van der Waals surface area contributed by atoms with E-state index in [-0.39, 0.29) is 14.9 Å². The molecule has 0 saturated carbocycles. The molecule has 3 aromatic rings. The lowest BCUT2D eigenvalue weighted by Gasteiger charge is -2.09. The third kappa shape index (κ3) is 4.64. The number of hydrogen-bond acceptors (Lipinski definition) is 6. The smallest absolute Gasteiger partial charge is 0.278 e. The minimum Gasteiger partial charge on any atom is -0.493 e. The SMILES string of the molecule is COc1ccc(-c2[nH]ncc2/C=N\NS(=O)(=O)c2cc(Cl)ccc2Cl)cc1OC. The average Bonchev–Trinajstić information content (AvgIpc) is 3.17. The van der Waals surface area contributed by atoms with E-state index >= 15 is 0 Å². The van der Waals surface area contributed by atoms with Gasteiger partial charge in [0.1, 0.15) is 4.90 Å². The Morgan fingerprint density at radius 3 is 2.59 bits per heavy atom. The van der Waals surface area contributed by atoms with Crippen LogP contribution in [-0.2, 0) is 10.0 Å². The highest BCUT2D eigenvalue weighted by molar-refractivity contribution is 7.89. The van der Waals surface area contributed by atoms with E-state index in [1.807, 2.05) is 6.07 Å². The van der Waals surface area contributed by atoms with Gasteiger partial charge in [0.05, 0.1) is 37.3 Å². The number of rotatable bonds is 7. The number of hydrogen-bond donors (Lipinski definition) is 2. The molecule has 0 aliphatic carbocycles. The van der Waals surface area contributed by atoms with Crippen LogP contribution in [0.15, 0.2) is 52.6 Å². The lowest BCUT2D eigenvalue weighted by atomic mass is 10.1. The Morgan fingerprint density at radius 1 is 1.10 bits per heavy atom. The molecular weight excluding hydrogens is 439 g/mol. The third-order valence-corrected chi connectivity index (χ3v) is 5.84. The minimum atomic E-state index is -4.00. The van der Waals surface area contributed by atoms with Crippen molar-refractivity contribution >= 4 is 39.4 Å². The van der Waals surface area contributed by atoms with E-state index in [0.717, 1.165) is 5.56 Å². The number of halogens is 2. The molecule has 0 fully saturated rings. The Balaban J connectivity index is 1.85. The van der Waals surface area contributed by atoms with Crippen LogP contribution >= 0.6 is 23.2 Å². The average molecular weight is 455 g/mol. The first kappa shape index (κ1) is 21.0. The zero-order chi connectivity index (χ0) is 21.0. The second-order valence-corrected chi connectivity index (χ2v) is 8.17. The zero-order valence-electron chi connectivity index (χ0n) is 15.3. The molecule has 0 amide bonds. The van der Waals surface area contributed by atoms with Crippen LogP contribution in [-0.4, -0.2) is 39.0 Å². The molecule has 0 bridgehead atoms. The summed E-state index contributed by atoms with van der Waals surface area (Å²) in [6.45, 7) is 0. The van der Waals surface area contributed by atoms with Crippen molar-refractivity contribution in [2.75, 3.05) is 14.2 Å². The Morgan fingerprint density at radius 2 is 1.86 bits per heavy atom. The summed E-state index contributed by atoms with van der Waals surface area (Å²) in [4.78, 5) is 1.94. The molecule has 0 saturated heterocycles. The van der Waals surface area contributed by atoms with Crippen LogP contribution in [0.1, 0.15) is 5.56 Å². The number of nitrogens with zero attached hydrogens (tertiary/aromatic N) is 2. The maximum atomic E-state index is 12.4. The molecule has 152 valence electrons. The van der Waals surface area contributed by atoms with Gasteiger partial charge >= 0.3 is 0 Å². The van der Waals surface area contributed by atoms with Gasteiger partial charge < -0.3 is 9.47 Å². The van der Waals surface area contributed by atoms with E-state index in [9.17, 15) is 8.42 Å². The van der Waals surface area contributed by atoms with Crippen molar-refractivity contribution in [3.05, 3.63) is 58.2 Å². The first-order valence-electron chi connectivity index (χ1n) is 8.11. The highest BCUT2D eigenvalue weighted by Gasteiger charge is 2.18. The van der Waals surface area contributed by atoms with E-state index in [1.54, 1.807) is 19.2 Å². The molecule has 8 nitrogen and oxygen atoms in total. The van der Waals surface area contributed by atoms with Crippen LogP contribution in [0.4, 0.5) is 0 Å². The van der Waals surface area contributed by atoms with Gasteiger partial charge in [-0.25, -0.2) is 4.83 Å². The lowest BCUT2D eigenvalue weighted by molar-refractivity contribution is 0.355. The fraction of sp³-hybridized carbons (Fsp3) is 0.111. The zero-order valence-corrected chi connectivity index (χ0v) is 17.6. The topological polar surface area (TPSA) is 106 Å². The van der Waals surface area contributed by atoms with E-state index in [4.69, 9.17) is 32.7 Å². The Bertz CT molecular complexity index is 1160. The Labute approximate surface area is 177 Å². The second kappa shape index (κ2) is 8.73. The molecule has 3 rings (SSSR count). The van der Waals surface area contributed by atoms with Gasteiger partial charge in [0.15, 0.2) is 11.5 Å². The van der Waals surface area contributed by atoms with Crippen molar-refractivity contribution in [3.63, 3.8) is 0 Å². The second-order valence-electron chi connectivity index (χ2n) is 5.70. The Hall–Kier alpha value is -2.75. The van der Waals surface area contributed by atoms with E-state index in [2.05, 4.69) is 20.1 Å². The molecule has 0 atom stereocenters. The minimum absolute atomic E-state index is 0.0337. The number of aromatic amines is 1. The van der Waals surface area contributed by atoms with Crippen LogP contribution in [0.5, 0.6) is 11.5 Å². The van der Waals surface area contributed by atoms with E-state index < -0.39 is 10.0 Å². The quantitative estimate of drug-likeness (QED) is 0.417. The summed E-state index contributed by atoms with van der Waals surface area (Å²) in [7, 11) is -0.915. The van der Waals surface area contributed by atoms with Crippen molar-refractivity contribution in [1.29, 1.82) is 0 Å². The number of H-pyrrole nitrogens is 1. The molecule has 1 heterocycles. The number of nitrogens with one attached hydrogen (secondary N) is 2. The van der Waals surface area contributed by atoms with Gasteiger partial charge in [0.2, 0.25) is 0 Å². The van der Waals surface area contributed by atoms with Crippen molar-refractivity contribution in [2.45, 2.75) is 4.90 Å². The van der Waals surface area contributed by atoms with Gasteiger partial charge in [-0.1, -0.05) is 23.2 Å². The summed E-state index contributed by atoms with van der Waals surface area (Å²) in [5, 5.41) is 10.9. The van der Waals surface area contributed by atoms with Gasteiger partial charge in [0, 0.05) is 16.1 Å². The molecule has 0 unspecified atom stereocenters. The van der Waals surface area contributed by atoms with Crippen molar-refractivity contribution in [3.8, 4) is 22.8 Å². The first-order valence-corrected chi connectivity index (χ1v) is 10.4. The van der Waals surface area contributed by atoms with Gasteiger partial charge in [-0.3, -0.25) is 5.10 Å². The fourth-order valence-electron chi connectivity index (χ4n) is 2.51. The molecule has 11 heteroatoms. The standard InChI is InChI=1S/C18H16Cl2N4O4S/c1-27-15-6-3-11(7-16(15)28-2)18-12(9-21-23-18)10-22-24-29(25,26)17-8-13(19)4-5-14(17)20/h3-10,24H,1-2H3,(H,21,23)/b22-10-. The van der Waals surface area contributed by atoms with Crippen molar-refractivity contribution in [1.82, 2.24) is 15.0 Å². The summed E-state index contributed by atoms with van der Waals surface area (Å²) in [6.07, 6.45) is 2.84. The van der Waals surface area contributed by atoms with Crippen LogP contribution in [0.2, 0.25) is 10.0 Å². The van der Waals surface area contributed by atoms with Crippen molar-refractivity contribution < 1.29 is 17.9 Å². The highest BCUT2D eigenvalue weighted by Crippen LogP contribution is 2.32. The van der Waals surface area contributed by atoms with Gasteiger partial charge in [-0.2, -0.15) is 18.6 Å². The molecular formula is C18H16Cl2N4O4S. The number of sulfonamides is 1. The summed E-state index contributed by atoms with van der Waals surface area (Å²) >= 11 is 11.8. The van der Waals surface area contributed by atoms with Gasteiger partial charge in [-0.05, 0) is 36.4 Å². The van der Waals surface area contributed by atoms with E-state index in [1.165, 1.54) is 37.7 Å². The normalized spacial score (nSPS) is 11.6. The molecule has 0 aliphatic heterocycles. The highest BCUT2D eigenvalue weighted by atomic mass is 35.5. The van der Waals surface area contributed by atoms with E-state index in [0.29, 0.717) is 22.8 Å². The van der Waals surface area contributed by atoms with Crippen LogP contribution in [0, 0.1) is 0 Å². The molecule has 2 N–H and O–H groups in total. The molecule has 2 aromatic carbocycles. The van der Waals surface area contributed by atoms with Crippen molar-refractivity contribution in [2.24, 2.45) is 5.10 Å². The number of benzene rings is 2. The van der Waals surface area contributed by atoms with Gasteiger partial charge in [0.25, 0.3) is 10.0 Å². The monoisotopic (exact) mass is 454 g/mol. The Kier molecular flexibility index (Phi) is 6.31. The molecule has 0 radical (unpaired) electrons. The molecule has 0 aliphatic rings. The molecule has 29 heavy (non-hydrogen) atoms. The van der Waals surface area contributed by atoms with Crippen LogP contribution in [0.3, 0.4) is 0 Å². The maximum Gasteiger partial charge on any atom is 0.278 e. The predicted octanol–water partition coefficient (Wildman–Crippen LogP) is 3.71.